The Kier molecular flexibility index (Phi) is 7.75. The van der Waals surface area contributed by atoms with E-state index in [0.29, 0.717) is 18.7 Å². The minimum Gasteiger partial charge on any atom is -0.383 e. The van der Waals surface area contributed by atoms with Gasteiger partial charge in [-0.2, -0.15) is 0 Å². The molecule has 2 N–H and O–H groups in total. The summed E-state index contributed by atoms with van der Waals surface area (Å²) in [6.07, 6.45) is 0. The van der Waals surface area contributed by atoms with Crippen LogP contribution >= 0.6 is 12.4 Å². The first-order chi connectivity index (χ1) is 9.81. The number of ether oxygens (including phenoxy) is 1. The van der Waals surface area contributed by atoms with E-state index in [1.165, 1.54) is 0 Å². The fourth-order valence-corrected chi connectivity index (χ4v) is 2.00. The van der Waals surface area contributed by atoms with Gasteiger partial charge in [-0.15, -0.1) is 12.4 Å². The maximum absolute atomic E-state index is 12.0. The highest BCUT2D eigenvalue weighted by Crippen LogP contribution is 2.15. The van der Waals surface area contributed by atoms with Gasteiger partial charge in [-0.25, -0.2) is 0 Å². The molecule has 0 aliphatic heterocycles. The highest BCUT2D eigenvalue weighted by Gasteiger charge is 2.05. The van der Waals surface area contributed by atoms with E-state index in [2.05, 4.69) is 10.6 Å². The number of hydrogen-bond acceptors (Lipinski definition) is 3. The Labute approximate surface area is 131 Å². The van der Waals surface area contributed by atoms with E-state index < -0.39 is 0 Å². The maximum Gasteiger partial charge on any atom is 0.251 e. The predicted octanol–water partition coefficient (Wildman–Crippen LogP) is 2.23. The fourth-order valence-electron chi connectivity index (χ4n) is 2.00. The molecule has 0 heterocycles. The van der Waals surface area contributed by atoms with Gasteiger partial charge in [0.2, 0.25) is 0 Å². The van der Waals surface area contributed by atoms with E-state index in [1.807, 2.05) is 42.5 Å². The van der Waals surface area contributed by atoms with Crippen LogP contribution in [0.4, 0.5) is 0 Å². The van der Waals surface area contributed by atoms with Crippen molar-refractivity contribution in [2.45, 2.75) is 0 Å². The number of amides is 1. The van der Waals surface area contributed by atoms with Crippen molar-refractivity contribution in [3.05, 3.63) is 48.0 Å². The molecule has 0 aromatic heterocycles. The lowest BCUT2D eigenvalue weighted by Gasteiger charge is -2.07. The molecular formula is C16H21ClN2O2. The van der Waals surface area contributed by atoms with Crippen LogP contribution in [0.3, 0.4) is 0 Å². The number of carbonyl (C=O) groups is 1. The zero-order valence-corrected chi connectivity index (χ0v) is 12.9. The third-order valence-corrected chi connectivity index (χ3v) is 3.08. The van der Waals surface area contributed by atoms with Crippen molar-refractivity contribution in [2.24, 2.45) is 0 Å². The van der Waals surface area contributed by atoms with Crippen LogP contribution in [0, 0.1) is 0 Å². The Morgan fingerprint density at radius 1 is 1.05 bits per heavy atom. The van der Waals surface area contributed by atoms with Crippen molar-refractivity contribution < 1.29 is 9.53 Å². The number of hydrogen-bond donors (Lipinski definition) is 2. The van der Waals surface area contributed by atoms with Gasteiger partial charge in [-0.05, 0) is 22.9 Å². The molecule has 4 nitrogen and oxygen atoms in total. The Hall–Kier alpha value is -1.62. The predicted molar refractivity (Wildman–Crippen MR) is 88.3 cm³/mol. The lowest BCUT2D eigenvalue weighted by molar-refractivity contribution is 0.0954. The fraction of sp³-hybridized carbons (Fsp3) is 0.312. The summed E-state index contributed by atoms with van der Waals surface area (Å²) in [4.78, 5) is 12.0. The van der Waals surface area contributed by atoms with Crippen molar-refractivity contribution >= 4 is 29.1 Å². The Morgan fingerprint density at radius 2 is 1.81 bits per heavy atom. The highest BCUT2D eigenvalue weighted by atomic mass is 35.5. The zero-order valence-electron chi connectivity index (χ0n) is 12.1. The third-order valence-electron chi connectivity index (χ3n) is 3.08. The number of methoxy groups -OCH3 is 1. The first-order valence-electron chi connectivity index (χ1n) is 6.78. The van der Waals surface area contributed by atoms with E-state index in [-0.39, 0.29) is 18.3 Å². The smallest absolute Gasteiger partial charge is 0.251 e. The lowest BCUT2D eigenvalue weighted by atomic mass is 10.1. The summed E-state index contributed by atoms with van der Waals surface area (Å²) < 4.78 is 4.93. The van der Waals surface area contributed by atoms with Crippen molar-refractivity contribution in [1.82, 2.24) is 10.6 Å². The van der Waals surface area contributed by atoms with Gasteiger partial charge in [0.15, 0.2) is 0 Å². The van der Waals surface area contributed by atoms with E-state index in [0.717, 1.165) is 23.9 Å². The van der Waals surface area contributed by atoms with Crippen LogP contribution in [-0.2, 0) is 4.74 Å². The second-order valence-electron chi connectivity index (χ2n) is 4.56. The van der Waals surface area contributed by atoms with E-state index in [9.17, 15) is 4.79 Å². The first-order valence-corrected chi connectivity index (χ1v) is 6.78. The van der Waals surface area contributed by atoms with E-state index in [4.69, 9.17) is 4.74 Å². The topological polar surface area (TPSA) is 50.4 Å². The average Bonchev–Trinajstić information content (AvgIpc) is 2.50. The Bertz CT molecular complexity index is 575. The number of carbonyl (C=O) groups excluding carboxylic acids is 1. The van der Waals surface area contributed by atoms with Crippen molar-refractivity contribution in [3.8, 4) is 0 Å². The molecule has 0 aliphatic rings. The summed E-state index contributed by atoms with van der Waals surface area (Å²) >= 11 is 0. The van der Waals surface area contributed by atoms with Crippen LogP contribution in [0.1, 0.15) is 10.4 Å². The molecule has 0 unspecified atom stereocenters. The molecule has 2 aromatic rings. The minimum atomic E-state index is -0.0377. The summed E-state index contributed by atoms with van der Waals surface area (Å²) in [6.45, 7) is 2.82. The Balaban J connectivity index is 0.00000220. The van der Waals surface area contributed by atoms with E-state index >= 15 is 0 Å². The SMILES string of the molecule is COCCNCCNC(=O)c1ccc2ccccc2c1.Cl. The molecule has 0 bridgehead atoms. The number of benzene rings is 2. The second-order valence-corrected chi connectivity index (χ2v) is 4.56. The van der Waals surface area contributed by atoms with Crippen molar-refractivity contribution in [3.63, 3.8) is 0 Å². The number of nitrogens with one attached hydrogen (secondary N) is 2. The second kappa shape index (κ2) is 9.34. The van der Waals surface area contributed by atoms with Crippen LogP contribution < -0.4 is 10.6 Å². The highest BCUT2D eigenvalue weighted by molar-refractivity contribution is 5.98. The first kappa shape index (κ1) is 17.4. The number of fused-ring (bicyclic) bond motifs is 1. The van der Waals surface area contributed by atoms with Gasteiger partial charge >= 0.3 is 0 Å². The third kappa shape index (κ3) is 5.34. The summed E-state index contributed by atoms with van der Waals surface area (Å²) in [5.74, 6) is -0.0377. The zero-order chi connectivity index (χ0) is 14.2. The normalized spacial score (nSPS) is 10.1. The van der Waals surface area contributed by atoms with Gasteiger partial charge in [0.25, 0.3) is 5.91 Å². The maximum atomic E-state index is 12.0. The van der Waals surface area contributed by atoms with Gasteiger partial charge in [0.1, 0.15) is 0 Å². The summed E-state index contributed by atoms with van der Waals surface area (Å²) in [6, 6.07) is 13.8. The summed E-state index contributed by atoms with van der Waals surface area (Å²) in [7, 11) is 1.67. The molecule has 114 valence electrons. The quantitative estimate of drug-likeness (QED) is 0.771. The van der Waals surface area contributed by atoms with Crippen molar-refractivity contribution in [2.75, 3.05) is 33.4 Å². The summed E-state index contributed by atoms with van der Waals surface area (Å²) in [5, 5.41) is 8.31. The Morgan fingerprint density at radius 3 is 2.57 bits per heavy atom. The molecule has 1 amide bonds. The summed E-state index contributed by atoms with van der Waals surface area (Å²) in [5.41, 5.74) is 0.695. The van der Waals surface area contributed by atoms with Crippen molar-refractivity contribution in [1.29, 1.82) is 0 Å². The van der Waals surface area contributed by atoms with Gasteiger partial charge in [-0.3, -0.25) is 4.79 Å². The molecule has 0 spiro atoms. The largest absolute Gasteiger partial charge is 0.383 e. The molecule has 0 saturated heterocycles. The van der Waals surface area contributed by atoms with Gasteiger partial charge in [0, 0.05) is 32.3 Å². The lowest BCUT2D eigenvalue weighted by Crippen LogP contribution is -2.33. The molecule has 0 aliphatic carbocycles. The van der Waals surface area contributed by atoms with Gasteiger partial charge in [0.05, 0.1) is 6.61 Å². The molecule has 0 radical (unpaired) electrons. The molecule has 0 atom stereocenters. The minimum absolute atomic E-state index is 0. The number of rotatable bonds is 7. The molecule has 0 fully saturated rings. The van der Waals surface area contributed by atoms with Crippen LogP contribution in [0.2, 0.25) is 0 Å². The molecule has 0 saturated carbocycles. The van der Waals surface area contributed by atoms with Crippen LogP contribution in [0.25, 0.3) is 10.8 Å². The molecular weight excluding hydrogens is 288 g/mol. The van der Waals surface area contributed by atoms with Gasteiger partial charge in [-0.1, -0.05) is 30.3 Å². The molecule has 21 heavy (non-hydrogen) atoms. The van der Waals surface area contributed by atoms with Crippen LogP contribution in [-0.4, -0.2) is 39.3 Å². The standard InChI is InChI=1S/C16H20N2O2.ClH/c1-20-11-10-17-8-9-18-16(19)15-7-6-13-4-2-3-5-14(13)12-15;/h2-7,12,17H,8-11H2,1H3,(H,18,19);1H. The number of halogens is 1. The average molecular weight is 309 g/mol. The molecule has 2 rings (SSSR count). The van der Waals surface area contributed by atoms with Crippen LogP contribution in [0.15, 0.2) is 42.5 Å². The van der Waals surface area contributed by atoms with Gasteiger partial charge < -0.3 is 15.4 Å². The van der Waals surface area contributed by atoms with E-state index in [1.54, 1.807) is 7.11 Å². The monoisotopic (exact) mass is 308 g/mol. The molecule has 5 heteroatoms. The van der Waals surface area contributed by atoms with Crippen LogP contribution in [0.5, 0.6) is 0 Å². The molecule has 2 aromatic carbocycles.